The highest BCUT2D eigenvalue weighted by atomic mass is 16.6. The van der Waals surface area contributed by atoms with E-state index in [1.807, 2.05) is 31.2 Å². The van der Waals surface area contributed by atoms with Crippen LogP contribution in [0.15, 0.2) is 42.2 Å². The molecular weight excluding hydrogens is 356 g/mol. The van der Waals surface area contributed by atoms with Crippen molar-refractivity contribution in [1.82, 2.24) is 0 Å². The van der Waals surface area contributed by atoms with E-state index < -0.39 is 12.1 Å². The molecule has 5 heteroatoms. The summed E-state index contributed by atoms with van der Waals surface area (Å²) in [5.74, 6) is 0.469. The first-order valence-corrected chi connectivity index (χ1v) is 9.56. The van der Waals surface area contributed by atoms with E-state index in [0.29, 0.717) is 35.7 Å². The normalized spacial score (nSPS) is 19.6. The minimum atomic E-state index is -0.516. The Morgan fingerprint density at radius 2 is 2.04 bits per heavy atom. The largest absolute Gasteiger partial charge is 0.452 e. The molecule has 0 amide bonds. The molecule has 5 nitrogen and oxygen atoms in total. The number of ketones is 1. The summed E-state index contributed by atoms with van der Waals surface area (Å²) in [6, 6.07) is 11.3. The number of Topliss-reactive ketones (excluding diaryl/α,β-unsaturated/α-hetero) is 1. The average molecular weight is 378 g/mol. The molecule has 144 valence electrons. The van der Waals surface area contributed by atoms with Gasteiger partial charge in [-0.2, -0.15) is 0 Å². The molecule has 1 unspecified atom stereocenters. The second-order valence-corrected chi connectivity index (χ2v) is 7.07. The van der Waals surface area contributed by atoms with Crippen LogP contribution in [0, 0.1) is 6.92 Å². The number of carbonyl (C=O) groups is 2. The van der Waals surface area contributed by atoms with Gasteiger partial charge in [-0.1, -0.05) is 31.2 Å². The highest BCUT2D eigenvalue weighted by Crippen LogP contribution is 2.37. The van der Waals surface area contributed by atoms with Gasteiger partial charge in [0.2, 0.25) is 5.78 Å². The molecule has 2 aromatic carbocycles. The second-order valence-electron chi connectivity index (χ2n) is 7.07. The van der Waals surface area contributed by atoms with Crippen LogP contribution in [0.1, 0.15) is 46.8 Å². The van der Waals surface area contributed by atoms with Crippen molar-refractivity contribution in [2.24, 2.45) is 0 Å². The second kappa shape index (κ2) is 7.60. The zero-order chi connectivity index (χ0) is 19.7. The van der Waals surface area contributed by atoms with E-state index >= 15 is 0 Å². The monoisotopic (exact) mass is 378 g/mol. The number of fused-ring (bicyclic) bond motifs is 1. The van der Waals surface area contributed by atoms with E-state index in [2.05, 4.69) is 6.92 Å². The maximum Gasteiger partial charge on any atom is 0.340 e. The third kappa shape index (κ3) is 3.58. The summed E-state index contributed by atoms with van der Waals surface area (Å²) in [5.41, 5.74) is 3.35. The summed E-state index contributed by atoms with van der Waals surface area (Å²) in [6.07, 6.45) is 3.71. The number of hydrogen-bond donors (Lipinski definition) is 0. The van der Waals surface area contributed by atoms with Crippen LogP contribution in [-0.4, -0.2) is 24.5 Å². The highest BCUT2D eigenvalue weighted by Gasteiger charge is 2.31. The van der Waals surface area contributed by atoms with E-state index in [1.165, 1.54) is 5.56 Å². The standard InChI is InChI=1S/C23H22O5/c1-3-15-6-8-16(9-7-15)12-20-22(24)21-14(2)11-17(13-19(21)28-20)27-23(25)18-5-4-10-26-18/h6-9,11-13,18H,3-5,10H2,1-2H3/b20-12-. The van der Waals surface area contributed by atoms with Crippen molar-refractivity contribution >= 4 is 17.8 Å². The van der Waals surface area contributed by atoms with E-state index in [0.717, 1.165) is 18.4 Å². The molecule has 0 radical (unpaired) electrons. The number of carbonyl (C=O) groups excluding carboxylic acids is 2. The average Bonchev–Trinajstić information content (AvgIpc) is 3.32. The van der Waals surface area contributed by atoms with Crippen molar-refractivity contribution in [3.63, 3.8) is 0 Å². The van der Waals surface area contributed by atoms with Crippen molar-refractivity contribution in [2.75, 3.05) is 6.61 Å². The van der Waals surface area contributed by atoms with E-state index in [9.17, 15) is 9.59 Å². The number of hydrogen-bond acceptors (Lipinski definition) is 5. The summed E-state index contributed by atoms with van der Waals surface area (Å²) in [7, 11) is 0. The fourth-order valence-corrected chi connectivity index (χ4v) is 3.48. The minimum Gasteiger partial charge on any atom is -0.452 e. The SMILES string of the molecule is CCc1ccc(/C=C2\Oc3cc(OC(=O)C4CCCO4)cc(C)c3C2=O)cc1. The molecule has 1 saturated heterocycles. The topological polar surface area (TPSA) is 61.8 Å². The van der Waals surface area contributed by atoms with Crippen LogP contribution in [-0.2, 0) is 16.0 Å². The number of aryl methyl sites for hydroxylation is 2. The molecule has 0 saturated carbocycles. The third-order valence-corrected chi connectivity index (χ3v) is 5.04. The molecule has 0 spiro atoms. The smallest absolute Gasteiger partial charge is 0.340 e. The Labute approximate surface area is 163 Å². The van der Waals surface area contributed by atoms with Gasteiger partial charge < -0.3 is 14.2 Å². The van der Waals surface area contributed by atoms with Crippen LogP contribution in [0.3, 0.4) is 0 Å². The summed E-state index contributed by atoms with van der Waals surface area (Å²) in [6.45, 7) is 4.48. The summed E-state index contributed by atoms with van der Waals surface area (Å²) in [5, 5.41) is 0. The Kier molecular flexibility index (Phi) is 5.01. The lowest BCUT2D eigenvalue weighted by Crippen LogP contribution is -2.24. The maximum absolute atomic E-state index is 12.8. The summed E-state index contributed by atoms with van der Waals surface area (Å²) >= 11 is 0. The predicted molar refractivity (Wildman–Crippen MR) is 105 cm³/mol. The Morgan fingerprint density at radius 3 is 2.71 bits per heavy atom. The van der Waals surface area contributed by atoms with Crippen molar-refractivity contribution in [1.29, 1.82) is 0 Å². The van der Waals surface area contributed by atoms with Gasteiger partial charge in [0.1, 0.15) is 11.5 Å². The van der Waals surface area contributed by atoms with E-state index in [-0.39, 0.29) is 11.5 Å². The minimum absolute atomic E-state index is 0.163. The van der Waals surface area contributed by atoms with Gasteiger partial charge in [0.05, 0.1) is 5.56 Å². The van der Waals surface area contributed by atoms with Gasteiger partial charge >= 0.3 is 5.97 Å². The molecule has 2 aromatic rings. The number of rotatable bonds is 4. The Bertz CT molecular complexity index is 950. The highest BCUT2D eigenvalue weighted by molar-refractivity contribution is 6.15. The molecule has 0 aliphatic carbocycles. The van der Waals surface area contributed by atoms with Gasteiger partial charge in [-0.05, 0) is 55.0 Å². The van der Waals surface area contributed by atoms with Gasteiger partial charge in [-0.3, -0.25) is 4.79 Å². The van der Waals surface area contributed by atoms with Gasteiger partial charge in [0, 0.05) is 12.7 Å². The lowest BCUT2D eigenvalue weighted by Gasteiger charge is -2.11. The van der Waals surface area contributed by atoms with Gasteiger partial charge in [-0.15, -0.1) is 0 Å². The molecule has 1 fully saturated rings. The lowest BCUT2D eigenvalue weighted by molar-refractivity contribution is -0.144. The van der Waals surface area contributed by atoms with Gasteiger partial charge in [-0.25, -0.2) is 4.79 Å². The Morgan fingerprint density at radius 1 is 1.25 bits per heavy atom. The van der Waals surface area contributed by atoms with E-state index in [4.69, 9.17) is 14.2 Å². The fourth-order valence-electron chi connectivity index (χ4n) is 3.48. The molecule has 1 atom stereocenters. The molecule has 2 heterocycles. The number of esters is 1. The summed E-state index contributed by atoms with van der Waals surface area (Å²) < 4.78 is 16.6. The maximum atomic E-state index is 12.8. The van der Waals surface area contributed by atoms with Crippen LogP contribution < -0.4 is 9.47 Å². The quantitative estimate of drug-likeness (QED) is 0.452. The van der Waals surface area contributed by atoms with Gasteiger partial charge in [0.25, 0.3) is 0 Å². The van der Waals surface area contributed by atoms with Crippen molar-refractivity contribution in [3.05, 3.63) is 64.4 Å². The van der Waals surface area contributed by atoms with E-state index in [1.54, 1.807) is 18.2 Å². The molecule has 28 heavy (non-hydrogen) atoms. The van der Waals surface area contributed by atoms with Crippen LogP contribution >= 0.6 is 0 Å². The molecular formula is C23H22O5. The van der Waals surface area contributed by atoms with Crippen molar-refractivity contribution in [3.8, 4) is 11.5 Å². The van der Waals surface area contributed by atoms with Crippen LogP contribution in [0.2, 0.25) is 0 Å². The number of benzene rings is 2. The molecule has 2 aliphatic heterocycles. The molecule has 0 N–H and O–H groups in total. The third-order valence-electron chi connectivity index (χ3n) is 5.04. The summed E-state index contributed by atoms with van der Waals surface area (Å²) in [4.78, 5) is 24.9. The Hall–Kier alpha value is -2.92. The first kappa shape index (κ1) is 18.4. The predicted octanol–water partition coefficient (Wildman–Crippen LogP) is 4.26. The first-order chi connectivity index (χ1) is 13.5. The lowest BCUT2D eigenvalue weighted by atomic mass is 10.0. The first-order valence-electron chi connectivity index (χ1n) is 9.56. The van der Waals surface area contributed by atoms with Crippen LogP contribution in [0.4, 0.5) is 0 Å². The molecule has 0 aromatic heterocycles. The fraction of sp³-hybridized carbons (Fsp3) is 0.304. The van der Waals surface area contributed by atoms with Gasteiger partial charge in [0.15, 0.2) is 11.9 Å². The van der Waals surface area contributed by atoms with Crippen LogP contribution in [0.25, 0.3) is 6.08 Å². The van der Waals surface area contributed by atoms with Crippen molar-refractivity contribution in [2.45, 2.75) is 39.2 Å². The molecule has 0 bridgehead atoms. The zero-order valence-corrected chi connectivity index (χ0v) is 16.0. The molecule has 4 rings (SSSR count). The van der Waals surface area contributed by atoms with Crippen LogP contribution in [0.5, 0.6) is 11.5 Å². The number of allylic oxidation sites excluding steroid dienone is 1. The molecule has 2 aliphatic rings. The number of ether oxygens (including phenoxy) is 3. The zero-order valence-electron chi connectivity index (χ0n) is 16.0. The Balaban J connectivity index is 1.56. The van der Waals surface area contributed by atoms with Crippen molar-refractivity contribution < 1.29 is 23.8 Å².